The molecule has 0 aromatic rings. The van der Waals surface area contributed by atoms with E-state index in [0.717, 1.165) is 0 Å². The van der Waals surface area contributed by atoms with Crippen molar-refractivity contribution in [1.82, 2.24) is 0 Å². The summed E-state index contributed by atoms with van der Waals surface area (Å²) in [5.74, 6) is 0. The molecule has 0 aliphatic heterocycles. The molecule has 0 atom stereocenters. The van der Waals surface area contributed by atoms with Crippen molar-refractivity contribution < 1.29 is 72.3 Å². The van der Waals surface area contributed by atoms with Crippen LogP contribution in [0, 0.1) is 0 Å². The van der Waals surface area contributed by atoms with Crippen LogP contribution in [-0.4, -0.2) is 0 Å². The van der Waals surface area contributed by atoms with Crippen molar-refractivity contribution in [2.24, 2.45) is 0 Å². The van der Waals surface area contributed by atoms with Crippen LogP contribution in [0.3, 0.4) is 0 Å². The SMILES string of the molecule is [Co].[Cr].[Cu].[Mo]. The van der Waals surface area contributed by atoms with E-state index in [4.69, 9.17) is 0 Å². The molecule has 0 heterocycles. The van der Waals surface area contributed by atoms with Crippen molar-refractivity contribution in [2.45, 2.75) is 0 Å². The fourth-order valence-corrected chi connectivity index (χ4v) is 0. The fourth-order valence-electron chi connectivity index (χ4n) is 0. The molecule has 0 fully saturated rings. The Morgan fingerprint density at radius 3 is 1.00 bits per heavy atom. The van der Waals surface area contributed by atoms with Crippen LogP contribution >= 0.6 is 0 Å². The van der Waals surface area contributed by atoms with E-state index in [0.29, 0.717) is 0 Å². The topological polar surface area (TPSA) is 0 Å². The first-order valence-corrected chi connectivity index (χ1v) is 0. The van der Waals surface area contributed by atoms with E-state index in [9.17, 15) is 0 Å². The van der Waals surface area contributed by atoms with Crippen LogP contribution in [-0.2, 0) is 72.3 Å². The Labute approximate surface area is 71.5 Å². The summed E-state index contributed by atoms with van der Waals surface area (Å²) in [6.45, 7) is 0. The van der Waals surface area contributed by atoms with Gasteiger partial charge in [0.1, 0.15) is 0 Å². The molecule has 4 heteroatoms. The Bertz CT molecular complexity index is 8.00. The van der Waals surface area contributed by atoms with Gasteiger partial charge in [0.2, 0.25) is 0 Å². The molecule has 0 spiro atoms. The number of hydrogen-bond donors (Lipinski definition) is 0. The van der Waals surface area contributed by atoms with Gasteiger partial charge in [-0.15, -0.1) is 0 Å². The van der Waals surface area contributed by atoms with E-state index in [1.165, 1.54) is 0 Å². The molecule has 0 rings (SSSR count). The maximum absolute atomic E-state index is 0. The summed E-state index contributed by atoms with van der Waals surface area (Å²) >= 11 is 0. The molecule has 0 saturated heterocycles. The van der Waals surface area contributed by atoms with Crippen molar-refractivity contribution in [2.75, 3.05) is 0 Å². The van der Waals surface area contributed by atoms with Gasteiger partial charge < -0.3 is 0 Å². The molecule has 2 radical (unpaired) electrons. The largest absolute Gasteiger partial charge is 0 e. The predicted molar refractivity (Wildman–Crippen MR) is 0 cm³/mol. The van der Waals surface area contributed by atoms with Gasteiger partial charge in [-0.25, -0.2) is 0 Å². The van der Waals surface area contributed by atoms with Gasteiger partial charge >= 0.3 is 0 Å². The summed E-state index contributed by atoms with van der Waals surface area (Å²) < 4.78 is 0. The molecular formula is CoCrCuMo. The standard InChI is InChI=1S/Co.Cr.Cu.Mo. The second-order valence-electron chi connectivity index (χ2n) is 0. The molecule has 0 unspecified atom stereocenters. The van der Waals surface area contributed by atoms with E-state index in [1.54, 1.807) is 0 Å². The second-order valence-corrected chi connectivity index (χ2v) is 0. The first-order chi connectivity index (χ1) is 0. The van der Waals surface area contributed by atoms with Gasteiger partial charge in [-0.3, -0.25) is 0 Å². The molecule has 0 aromatic carbocycles. The van der Waals surface area contributed by atoms with Crippen molar-refractivity contribution in [1.29, 1.82) is 0 Å². The zero-order valence-corrected chi connectivity index (χ0v) is 6.72. The van der Waals surface area contributed by atoms with E-state index in [2.05, 4.69) is 0 Å². The Hall–Kier alpha value is 2.25. The van der Waals surface area contributed by atoms with Crippen molar-refractivity contribution in [3.05, 3.63) is 0 Å². The Balaban J connectivity index is 0. The Morgan fingerprint density at radius 2 is 1.00 bits per heavy atom. The summed E-state index contributed by atoms with van der Waals surface area (Å²) in [7, 11) is 0. The summed E-state index contributed by atoms with van der Waals surface area (Å²) in [5, 5.41) is 0. The molecule has 0 aliphatic rings. The molecule has 0 saturated carbocycles. The molecule has 0 aliphatic carbocycles. The third-order valence-electron chi connectivity index (χ3n) is 0. The third-order valence-corrected chi connectivity index (χ3v) is 0. The molecule has 4 heavy (non-hydrogen) atoms. The van der Waals surface area contributed by atoms with Gasteiger partial charge in [-0.2, -0.15) is 0 Å². The molecule has 0 bridgehead atoms. The van der Waals surface area contributed by atoms with E-state index in [1.807, 2.05) is 0 Å². The fraction of sp³-hybridized carbons (Fsp3) is 0. The molecule has 0 nitrogen and oxygen atoms in total. The molecule has 0 aromatic heterocycles. The molecule has 0 N–H and O–H groups in total. The maximum Gasteiger partial charge on any atom is 0 e. The number of rotatable bonds is 0. The van der Waals surface area contributed by atoms with Gasteiger partial charge in [-0.1, -0.05) is 0 Å². The molecule has 32 valence electrons. The minimum Gasteiger partial charge on any atom is 0 e. The van der Waals surface area contributed by atoms with Gasteiger partial charge in [0.15, 0.2) is 0 Å². The van der Waals surface area contributed by atoms with Crippen molar-refractivity contribution >= 4 is 0 Å². The average Bonchev–Trinajstić information content (AvgIpc) is 0. The minimum absolute atomic E-state index is 0. The van der Waals surface area contributed by atoms with Crippen LogP contribution < -0.4 is 0 Å². The summed E-state index contributed by atoms with van der Waals surface area (Å²) in [4.78, 5) is 0. The van der Waals surface area contributed by atoms with Crippen LogP contribution in [0.1, 0.15) is 0 Å². The predicted octanol–water partition coefficient (Wildman–Crippen LogP) is -0.0100. The zero-order valence-electron chi connectivity index (χ0n) is 1.45. The maximum atomic E-state index is 0. The van der Waals surface area contributed by atoms with Gasteiger partial charge in [0.25, 0.3) is 0 Å². The Morgan fingerprint density at radius 1 is 1.00 bits per heavy atom. The van der Waals surface area contributed by atoms with Crippen LogP contribution in [0.25, 0.3) is 0 Å². The van der Waals surface area contributed by atoms with Crippen LogP contribution in [0.5, 0.6) is 0 Å². The van der Waals surface area contributed by atoms with Crippen molar-refractivity contribution in [3.8, 4) is 0 Å². The van der Waals surface area contributed by atoms with Gasteiger partial charge in [-0.05, 0) is 0 Å². The average molecular weight is 270 g/mol. The molecular weight excluding hydrogens is 270 g/mol. The summed E-state index contributed by atoms with van der Waals surface area (Å²) in [5.41, 5.74) is 0. The van der Waals surface area contributed by atoms with E-state index in [-0.39, 0.29) is 72.3 Å². The zero-order chi connectivity index (χ0) is 0. The first-order valence-electron chi connectivity index (χ1n) is 0. The summed E-state index contributed by atoms with van der Waals surface area (Å²) in [6.07, 6.45) is 0. The van der Waals surface area contributed by atoms with Gasteiger partial charge in [0, 0.05) is 72.3 Å². The van der Waals surface area contributed by atoms with Gasteiger partial charge in [0.05, 0.1) is 0 Å². The Kier molecular flexibility index (Phi) is 160. The number of hydrogen-bond acceptors (Lipinski definition) is 0. The second kappa shape index (κ2) is 18.7. The van der Waals surface area contributed by atoms with E-state index >= 15 is 0 Å². The van der Waals surface area contributed by atoms with Crippen LogP contribution in [0.2, 0.25) is 0 Å². The molecule has 0 amide bonds. The van der Waals surface area contributed by atoms with Crippen molar-refractivity contribution in [3.63, 3.8) is 0 Å². The third kappa shape index (κ3) is 8.87. The minimum atomic E-state index is 0. The normalized spacial score (nSPS) is 0. The van der Waals surface area contributed by atoms with Crippen LogP contribution in [0.4, 0.5) is 0 Å². The smallest absolute Gasteiger partial charge is 0 e. The van der Waals surface area contributed by atoms with E-state index < -0.39 is 0 Å². The quantitative estimate of drug-likeness (QED) is 0.543. The monoisotopic (exact) mass is 272 g/mol. The van der Waals surface area contributed by atoms with Crippen LogP contribution in [0.15, 0.2) is 0 Å². The first kappa shape index (κ1) is 34.1. The summed E-state index contributed by atoms with van der Waals surface area (Å²) in [6, 6.07) is 0.